The first-order valence-corrected chi connectivity index (χ1v) is 5.30. The van der Waals surface area contributed by atoms with Crippen LogP contribution < -0.4 is 0 Å². The fraction of sp³-hybridized carbons (Fsp3) is 0.538. The van der Waals surface area contributed by atoms with Crippen LogP contribution in [-0.4, -0.2) is 0 Å². The lowest BCUT2D eigenvalue weighted by Crippen LogP contribution is -1.99. The van der Waals surface area contributed by atoms with E-state index in [9.17, 15) is 0 Å². The fourth-order valence-electron chi connectivity index (χ4n) is 1.73. The second-order valence-corrected chi connectivity index (χ2v) is 3.97. The summed E-state index contributed by atoms with van der Waals surface area (Å²) >= 11 is 0. The van der Waals surface area contributed by atoms with Crippen LogP contribution in [0.2, 0.25) is 0 Å². The highest BCUT2D eigenvalue weighted by molar-refractivity contribution is 5.32. The summed E-state index contributed by atoms with van der Waals surface area (Å²) in [4.78, 5) is 0. The first-order chi connectivity index (χ1) is 6.24. The number of rotatable bonds is 3. The average Bonchev–Trinajstić information content (AvgIpc) is 2.09. The highest BCUT2D eigenvalue weighted by Gasteiger charge is 2.06. The average molecular weight is 176 g/mol. The van der Waals surface area contributed by atoms with E-state index in [1.54, 1.807) is 0 Å². The molecule has 0 amide bonds. The number of allylic oxidation sites excluding steroid dienone is 6. The lowest BCUT2D eigenvalue weighted by Gasteiger charge is -2.14. The second-order valence-electron chi connectivity index (χ2n) is 3.97. The van der Waals surface area contributed by atoms with Crippen molar-refractivity contribution < 1.29 is 0 Å². The molecule has 0 heterocycles. The summed E-state index contributed by atoms with van der Waals surface area (Å²) in [7, 11) is 0. The van der Waals surface area contributed by atoms with Crippen molar-refractivity contribution in [3.05, 3.63) is 36.0 Å². The first kappa shape index (κ1) is 10.3. The highest BCUT2D eigenvalue weighted by Crippen LogP contribution is 2.21. The van der Waals surface area contributed by atoms with Gasteiger partial charge in [0.05, 0.1) is 0 Å². The largest absolute Gasteiger partial charge is 0.0779 e. The van der Waals surface area contributed by atoms with E-state index in [1.165, 1.54) is 18.4 Å². The molecule has 0 radical (unpaired) electrons. The summed E-state index contributed by atoms with van der Waals surface area (Å²) in [5, 5.41) is 0. The van der Waals surface area contributed by atoms with Crippen LogP contribution in [0, 0.1) is 11.8 Å². The van der Waals surface area contributed by atoms with Gasteiger partial charge in [-0.25, -0.2) is 0 Å². The van der Waals surface area contributed by atoms with Gasteiger partial charge in [0, 0.05) is 0 Å². The van der Waals surface area contributed by atoms with Gasteiger partial charge in [0.15, 0.2) is 0 Å². The van der Waals surface area contributed by atoms with E-state index in [-0.39, 0.29) is 0 Å². The lowest BCUT2D eigenvalue weighted by atomic mass is 9.92. The fourth-order valence-corrected chi connectivity index (χ4v) is 1.73. The van der Waals surface area contributed by atoms with Gasteiger partial charge < -0.3 is 0 Å². The van der Waals surface area contributed by atoms with E-state index in [0.717, 1.165) is 5.92 Å². The number of hydrogen-bond donors (Lipinski definition) is 0. The maximum atomic E-state index is 2.41. The van der Waals surface area contributed by atoms with Crippen LogP contribution in [0.1, 0.15) is 33.6 Å². The summed E-state index contributed by atoms with van der Waals surface area (Å²) in [6.07, 6.45) is 13.7. The van der Waals surface area contributed by atoms with Gasteiger partial charge in [-0.1, -0.05) is 57.6 Å². The molecule has 0 aliphatic heterocycles. The second kappa shape index (κ2) is 5.06. The molecule has 0 N–H and O–H groups in total. The predicted molar refractivity (Wildman–Crippen MR) is 59.6 cm³/mol. The topological polar surface area (TPSA) is 0 Å². The molecule has 13 heavy (non-hydrogen) atoms. The normalized spacial score (nSPS) is 26.7. The van der Waals surface area contributed by atoms with Gasteiger partial charge in [0.25, 0.3) is 0 Å². The molecule has 0 heteroatoms. The molecule has 0 saturated carbocycles. The van der Waals surface area contributed by atoms with Crippen molar-refractivity contribution in [2.45, 2.75) is 33.6 Å². The molecular formula is C13H20. The van der Waals surface area contributed by atoms with E-state index in [1.807, 2.05) is 0 Å². The standard InChI is InChI=1S/C13H20/c1-4-7-11(2)10-13-9-6-5-8-12(13)3/h5-6,8-12H,4,7H2,1-3H3/b13-10-. The zero-order valence-electron chi connectivity index (χ0n) is 8.96. The van der Waals surface area contributed by atoms with Crippen LogP contribution in [0.4, 0.5) is 0 Å². The van der Waals surface area contributed by atoms with Gasteiger partial charge >= 0.3 is 0 Å². The van der Waals surface area contributed by atoms with Crippen LogP contribution >= 0.6 is 0 Å². The van der Waals surface area contributed by atoms with E-state index < -0.39 is 0 Å². The molecule has 0 aromatic carbocycles. The van der Waals surface area contributed by atoms with Crippen LogP contribution in [0.3, 0.4) is 0 Å². The van der Waals surface area contributed by atoms with Crippen LogP contribution in [0.5, 0.6) is 0 Å². The summed E-state index contributed by atoms with van der Waals surface area (Å²) in [5.41, 5.74) is 1.48. The molecule has 0 fully saturated rings. The van der Waals surface area contributed by atoms with E-state index >= 15 is 0 Å². The molecule has 0 aromatic heterocycles. The van der Waals surface area contributed by atoms with Crippen molar-refractivity contribution in [3.8, 4) is 0 Å². The van der Waals surface area contributed by atoms with Gasteiger partial charge in [0.1, 0.15) is 0 Å². The zero-order valence-corrected chi connectivity index (χ0v) is 8.96. The minimum absolute atomic E-state index is 0.601. The zero-order chi connectivity index (χ0) is 9.68. The van der Waals surface area contributed by atoms with Gasteiger partial charge in [-0.3, -0.25) is 0 Å². The molecule has 0 spiro atoms. The Kier molecular flexibility index (Phi) is 4.01. The SMILES string of the molecule is CCCC(C)/C=C1/C=CC=CC1C. The summed E-state index contributed by atoms with van der Waals surface area (Å²) in [6, 6.07) is 0. The molecule has 0 saturated heterocycles. The third kappa shape index (κ3) is 3.22. The van der Waals surface area contributed by atoms with Gasteiger partial charge in [-0.15, -0.1) is 0 Å². The molecule has 72 valence electrons. The molecule has 2 unspecified atom stereocenters. The van der Waals surface area contributed by atoms with E-state index in [2.05, 4.69) is 51.2 Å². The van der Waals surface area contributed by atoms with Crippen molar-refractivity contribution in [1.82, 2.24) is 0 Å². The minimum atomic E-state index is 0.601. The molecule has 0 nitrogen and oxygen atoms in total. The Bertz CT molecular complexity index is 230. The van der Waals surface area contributed by atoms with E-state index in [0.29, 0.717) is 5.92 Å². The summed E-state index contributed by atoms with van der Waals surface area (Å²) in [5.74, 6) is 1.32. The van der Waals surface area contributed by atoms with Crippen molar-refractivity contribution in [1.29, 1.82) is 0 Å². The van der Waals surface area contributed by atoms with E-state index in [4.69, 9.17) is 0 Å². The quantitative estimate of drug-likeness (QED) is 0.607. The Morgan fingerprint density at radius 2 is 2.23 bits per heavy atom. The maximum absolute atomic E-state index is 2.41. The van der Waals surface area contributed by atoms with Gasteiger partial charge in [0.2, 0.25) is 0 Å². The van der Waals surface area contributed by atoms with Crippen LogP contribution in [0.25, 0.3) is 0 Å². The molecule has 0 aromatic rings. The Labute approximate surface area is 82.0 Å². The Morgan fingerprint density at radius 3 is 2.85 bits per heavy atom. The monoisotopic (exact) mass is 176 g/mol. The Morgan fingerprint density at radius 1 is 1.46 bits per heavy atom. The Hall–Kier alpha value is -0.780. The molecule has 1 aliphatic rings. The smallest absolute Gasteiger partial charge is 0.00104 e. The molecule has 2 atom stereocenters. The first-order valence-electron chi connectivity index (χ1n) is 5.30. The summed E-state index contributed by atoms with van der Waals surface area (Å²) < 4.78 is 0. The Balaban J connectivity index is 2.59. The van der Waals surface area contributed by atoms with Crippen LogP contribution in [0.15, 0.2) is 36.0 Å². The van der Waals surface area contributed by atoms with Crippen LogP contribution in [-0.2, 0) is 0 Å². The van der Waals surface area contributed by atoms with Crippen molar-refractivity contribution in [2.75, 3.05) is 0 Å². The third-order valence-electron chi connectivity index (χ3n) is 2.55. The van der Waals surface area contributed by atoms with Crippen molar-refractivity contribution in [2.24, 2.45) is 11.8 Å². The number of hydrogen-bond acceptors (Lipinski definition) is 0. The molecule has 1 rings (SSSR count). The maximum Gasteiger partial charge on any atom is -0.00104 e. The van der Waals surface area contributed by atoms with Crippen molar-refractivity contribution >= 4 is 0 Å². The predicted octanol–water partition coefficient (Wildman–Crippen LogP) is 4.11. The van der Waals surface area contributed by atoms with Gasteiger partial charge in [-0.05, 0) is 23.8 Å². The van der Waals surface area contributed by atoms with Crippen molar-refractivity contribution in [3.63, 3.8) is 0 Å². The summed E-state index contributed by atoms with van der Waals surface area (Å²) in [6.45, 7) is 6.80. The molecule has 1 aliphatic carbocycles. The molecule has 0 bridgehead atoms. The molecular weight excluding hydrogens is 156 g/mol. The minimum Gasteiger partial charge on any atom is -0.0779 e. The lowest BCUT2D eigenvalue weighted by molar-refractivity contribution is 0.626. The van der Waals surface area contributed by atoms with Gasteiger partial charge in [-0.2, -0.15) is 0 Å². The highest BCUT2D eigenvalue weighted by atomic mass is 14.1. The third-order valence-corrected chi connectivity index (χ3v) is 2.55.